The lowest BCUT2D eigenvalue weighted by atomic mass is 10.00. The maximum absolute atomic E-state index is 5.94. The summed E-state index contributed by atoms with van der Waals surface area (Å²) in [6.45, 7) is 4.14. The highest BCUT2D eigenvalue weighted by atomic mass is 14.7. The lowest BCUT2D eigenvalue weighted by molar-refractivity contribution is 0.729. The predicted octanol–water partition coefficient (Wildman–Crippen LogP) is 2.17. The van der Waals surface area contributed by atoms with Gasteiger partial charge in [-0.2, -0.15) is 0 Å². The van der Waals surface area contributed by atoms with Crippen molar-refractivity contribution in [3.63, 3.8) is 0 Å². The molecule has 0 fully saturated rings. The van der Waals surface area contributed by atoms with Crippen LogP contribution in [0.25, 0.3) is 0 Å². The summed E-state index contributed by atoms with van der Waals surface area (Å²) in [7, 11) is 0. The fraction of sp³-hybridized carbons (Fsp3) is 0.400. The van der Waals surface area contributed by atoms with Gasteiger partial charge in [0.1, 0.15) is 0 Å². The topological polar surface area (TPSA) is 26.0 Å². The molecule has 0 saturated carbocycles. The molecule has 0 spiro atoms. The molecule has 1 nitrogen and oxygen atoms in total. The van der Waals surface area contributed by atoms with E-state index in [0.717, 1.165) is 6.42 Å². The molecule has 2 N–H and O–H groups in total. The third-order valence-corrected chi connectivity index (χ3v) is 1.78. The van der Waals surface area contributed by atoms with E-state index >= 15 is 0 Å². The minimum absolute atomic E-state index is 0.269. The van der Waals surface area contributed by atoms with Gasteiger partial charge in [0, 0.05) is 0 Å². The molecule has 0 aromatic carbocycles. The van der Waals surface area contributed by atoms with E-state index in [9.17, 15) is 0 Å². The van der Waals surface area contributed by atoms with Crippen LogP contribution in [0.2, 0.25) is 0 Å². The molecule has 1 unspecified atom stereocenters. The summed E-state index contributed by atoms with van der Waals surface area (Å²) >= 11 is 0. The van der Waals surface area contributed by atoms with E-state index in [2.05, 4.69) is 19.1 Å². The van der Waals surface area contributed by atoms with Crippen LogP contribution in [0.5, 0.6) is 0 Å². The van der Waals surface area contributed by atoms with Crippen LogP contribution in [0.15, 0.2) is 36.0 Å². The second kappa shape index (κ2) is 3.05. The van der Waals surface area contributed by atoms with Gasteiger partial charge in [0.15, 0.2) is 0 Å². The highest BCUT2D eigenvalue weighted by molar-refractivity contribution is 5.33. The van der Waals surface area contributed by atoms with Gasteiger partial charge < -0.3 is 5.73 Å². The summed E-state index contributed by atoms with van der Waals surface area (Å²) in [6.07, 6.45) is 11.3. The van der Waals surface area contributed by atoms with Crippen molar-refractivity contribution in [2.45, 2.75) is 25.8 Å². The molecule has 60 valence electrons. The highest BCUT2D eigenvalue weighted by Crippen LogP contribution is 2.14. The van der Waals surface area contributed by atoms with Crippen molar-refractivity contribution >= 4 is 0 Å². The van der Waals surface area contributed by atoms with E-state index in [-0.39, 0.29) is 5.54 Å². The molecular formula is C10H15N. The van der Waals surface area contributed by atoms with Crippen molar-refractivity contribution < 1.29 is 0 Å². The smallest absolute Gasteiger partial charge is 0.0505 e. The first-order valence-corrected chi connectivity index (χ1v) is 4.00. The number of nitrogens with two attached hydrogens (primary N) is 1. The van der Waals surface area contributed by atoms with Crippen LogP contribution in [0.4, 0.5) is 0 Å². The third-order valence-electron chi connectivity index (χ3n) is 1.78. The molecule has 0 amide bonds. The van der Waals surface area contributed by atoms with Crippen molar-refractivity contribution in [1.82, 2.24) is 0 Å². The van der Waals surface area contributed by atoms with Crippen LogP contribution in [0.3, 0.4) is 0 Å². The summed E-state index contributed by atoms with van der Waals surface area (Å²) in [4.78, 5) is 0. The molecule has 0 heterocycles. The van der Waals surface area contributed by atoms with Gasteiger partial charge >= 0.3 is 0 Å². The standard InChI is InChI=1S/C10H15N/c1-3-9-6-4-5-7-10(2,11)8-9/h4-8H,3,11H2,1-2H3. The van der Waals surface area contributed by atoms with Gasteiger partial charge in [-0.15, -0.1) is 0 Å². The first-order chi connectivity index (χ1) is 5.14. The Balaban J connectivity index is 2.90. The van der Waals surface area contributed by atoms with Gasteiger partial charge in [0.05, 0.1) is 5.54 Å². The summed E-state index contributed by atoms with van der Waals surface area (Å²) in [5.41, 5.74) is 6.98. The van der Waals surface area contributed by atoms with Crippen LogP contribution < -0.4 is 5.73 Å². The van der Waals surface area contributed by atoms with E-state index in [1.807, 2.05) is 25.2 Å². The Morgan fingerprint density at radius 3 is 2.82 bits per heavy atom. The molecule has 0 aromatic heterocycles. The molecule has 1 rings (SSSR count). The lowest BCUT2D eigenvalue weighted by Gasteiger charge is -2.14. The molecule has 1 heteroatoms. The molecule has 0 bridgehead atoms. The zero-order valence-corrected chi connectivity index (χ0v) is 7.17. The Morgan fingerprint density at radius 2 is 2.18 bits per heavy atom. The van der Waals surface area contributed by atoms with Gasteiger partial charge in [0.25, 0.3) is 0 Å². The number of rotatable bonds is 1. The number of allylic oxidation sites excluding steroid dienone is 4. The van der Waals surface area contributed by atoms with Gasteiger partial charge in [0.2, 0.25) is 0 Å². The molecule has 0 aromatic rings. The minimum atomic E-state index is -0.269. The summed E-state index contributed by atoms with van der Waals surface area (Å²) in [6, 6.07) is 0. The van der Waals surface area contributed by atoms with Gasteiger partial charge in [-0.3, -0.25) is 0 Å². The summed E-state index contributed by atoms with van der Waals surface area (Å²) in [5.74, 6) is 0. The van der Waals surface area contributed by atoms with Crippen molar-refractivity contribution in [2.75, 3.05) is 0 Å². The third kappa shape index (κ3) is 2.35. The summed E-state index contributed by atoms with van der Waals surface area (Å²) in [5, 5.41) is 0. The zero-order chi connectivity index (χ0) is 8.32. The monoisotopic (exact) mass is 149 g/mol. The Hall–Kier alpha value is -0.820. The lowest BCUT2D eigenvalue weighted by Crippen LogP contribution is -2.30. The van der Waals surface area contributed by atoms with E-state index < -0.39 is 0 Å². The first-order valence-electron chi connectivity index (χ1n) is 4.00. The maximum atomic E-state index is 5.94. The SMILES string of the molecule is CCC1=CC(C)(N)C=CC=C1. The van der Waals surface area contributed by atoms with Crippen LogP contribution in [-0.2, 0) is 0 Å². The predicted molar refractivity (Wildman–Crippen MR) is 49.2 cm³/mol. The molecular weight excluding hydrogens is 134 g/mol. The normalized spacial score (nSPS) is 29.9. The Bertz CT molecular complexity index is 219. The minimum Gasteiger partial charge on any atom is -0.319 e. The number of hydrogen-bond acceptors (Lipinski definition) is 1. The Kier molecular flexibility index (Phi) is 2.30. The maximum Gasteiger partial charge on any atom is 0.0505 e. The van der Waals surface area contributed by atoms with E-state index in [0.29, 0.717) is 0 Å². The molecule has 1 atom stereocenters. The van der Waals surface area contributed by atoms with Crippen LogP contribution in [0, 0.1) is 0 Å². The quantitative estimate of drug-likeness (QED) is 0.607. The van der Waals surface area contributed by atoms with Crippen molar-refractivity contribution in [3.05, 3.63) is 36.0 Å². The van der Waals surface area contributed by atoms with Crippen molar-refractivity contribution in [3.8, 4) is 0 Å². The Labute approximate surface area is 68.3 Å². The zero-order valence-electron chi connectivity index (χ0n) is 7.17. The molecule has 1 aliphatic carbocycles. The van der Waals surface area contributed by atoms with Gasteiger partial charge in [-0.05, 0) is 13.3 Å². The van der Waals surface area contributed by atoms with Crippen LogP contribution in [-0.4, -0.2) is 5.54 Å². The molecule has 0 aliphatic heterocycles. The van der Waals surface area contributed by atoms with Crippen molar-refractivity contribution in [1.29, 1.82) is 0 Å². The molecule has 0 radical (unpaired) electrons. The first kappa shape index (κ1) is 8.28. The molecule has 1 aliphatic rings. The van der Waals surface area contributed by atoms with Crippen LogP contribution in [0.1, 0.15) is 20.3 Å². The van der Waals surface area contributed by atoms with Crippen LogP contribution >= 0.6 is 0 Å². The second-order valence-corrected chi connectivity index (χ2v) is 3.16. The average molecular weight is 149 g/mol. The van der Waals surface area contributed by atoms with E-state index in [1.54, 1.807) is 0 Å². The highest BCUT2D eigenvalue weighted by Gasteiger charge is 2.11. The average Bonchev–Trinajstić information content (AvgIpc) is 2.10. The second-order valence-electron chi connectivity index (χ2n) is 3.16. The largest absolute Gasteiger partial charge is 0.319 e. The van der Waals surface area contributed by atoms with Crippen molar-refractivity contribution in [2.24, 2.45) is 5.73 Å². The van der Waals surface area contributed by atoms with Gasteiger partial charge in [-0.1, -0.05) is 42.9 Å². The number of hydrogen-bond donors (Lipinski definition) is 1. The Morgan fingerprint density at radius 1 is 1.45 bits per heavy atom. The van der Waals surface area contributed by atoms with Gasteiger partial charge in [-0.25, -0.2) is 0 Å². The molecule has 11 heavy (non-hydrogen) atoms. The van der Waals surface area contributed by atoms with E-state index in [1.165, 1.54) is 5.57 Å². The molecule has 0 saturated heterocycles. The fourth-order valence-electron chi connectivity index (χ4n) is 1.16. The fourth-order valence-corrected chi connectivity index (χ4v) is 1.16. The summed E-state index contributed by atoms with van der Waals surface area (Å²) < 4.78 is 0. The van der Waals surface area contributed by atoms with E-state index in [4.69, 9.17) is 5.73 Å².